The highest BCUT2D eigenvalue weighted by Crippen LogP contribution is 2.34. The van der Waals surface area contributed by atoms with Crippen LogP contribution in [0, 0.1) is 6.92 Å². The molecule has 0 unspecified atom stereocenters. The van der Waals surface area contributed by atoms with Crippen LogP contribution in [0.5, 0.6) is 0 Å². The maximum absolute atomic E-state index is 12.6. The van der Waals surface area contributed by atoms with Gasteiger partial charge in [0.2, 0.25) is 0 Å². The normalized spacial score (nSPS) is 17.3. The first-order chi connectivity index (χ1) is 8.97. The number of nitrogens with one attached hydrogen (secondary N) is 1. The Hall–Kier alpha value is -1.62. The number of carbonyl (C=O) groups excluding carboxylic acids is 1. The molecule has 0 saturated heterocycles. The van der Waals surface area contributed by atoms with Crippen molar-refractivity contribution in [3.63, 3.8) is 0 Å². The van der Waals surface area contributed by atoms with Crippen molar-refractivity contribution in [3.05, 3.63) is 39.6 Å². The predicted molar refractivity (Wildman–Crippen MR) is 75.3 cm³/mol. The Morgan fingerprint density at radius 3 is 3.00 bits per heavy atom. The van der Waals surface area contributed by atoms with Crippen LogP contribution in [0.25, 0.3) is 0 Å². The summed E-state index contributed by atoms with van der Waals surface area (Å²) < 4.78 is 0. The first kappa shape index (κ1) is 12.4. The maximum atomic E-state index is 12.6. The lowest BCUT2D eigenvalue weighted by Crippen LogP contribution is -2.51. The summed E-state index contributed by atoms with van der Waals surface area (Å²) in [5.74, 6) is 0.805. The molecule has 3 heterocycles. The third kappa shape index (κ3) is 2.08. The van der Waals surface area contributed by atoms with Gasteiger partial charge in [-0.25, -0.2) is 4.98 Å². The Morgan fingerprint density at radius 1 is 1.53 bits per heavy atom. The summed E-state index contributed by atoms with van der Waals surface area (Å²) >= 11 is 1.73. The molecule has 0 fully saturated rings. The number of hydrogen-bond donors (Lipinski definition) is 1. The Balaban J connectivity index is 1.94. The van der Waals surface area contributed by atoms with Gasteiger partial charge in [-0.3, -0.25) is 4.79 Å². The zero-order chi connectivity index (χ0) is 13.6. The van der Waals surface area contributed by atoms with Crippen molar-refractivity contribution in [2.45, 2.75) is 39.3 Å². The summed E-state index contributed by atoms with van der Waals surface area (Å²) in [5.41, 5.74) is 1.79. The van der Waals surface area contributed by atoms with E-state index in [0.717, 1.165) is 12.2 Å². The van der Waals surface area contributed by atoms with E-state index in [1.165, 1.54) is 10.4 Å². The Bertz CT molecular complexity index is 626. The van der Waals surface area contributed by atoms with E-state index in [-0.39, 0.29) is 11.4 Å². The molecule has 100 valence electrons. The van der Waals surface area contributed by atoms with Crippen LogP contribution in [-0.2, 0) is 13.0 Å². The third-order valence-corrected chi connectivity index (χ3v) is 4.62. The van der Waals surface area contributed by atoms with Crippen LogP contribution in [0.2, 0.25) is 0 Å². The van der Waals surface area contributed by atoms with Gasteiger partial charge in [-0.05, 0) is 44.2 Å². The highest BCUT2D eigenvalue weighted by molar-refractivity contribution is 7.10. The molecule has 5 heteroatoms. The number of thiophene rings is 1. The van der Waals surface area contributed by atoms with E-state index in [2.05, 4.69) is 35.3 Å². The molecule has 0 saturated carbocycles. The van der Waals surface area contributed by atoms with E-state index in [9.17, 15) is 4.79 Å². The number of rotatable bonds is 1. The monoisotopic (exact) mass is 275 g/mol. The molecule has 2 aromatic heterocycles. The van der Waals surface area contributed by atoms with Crippen LogP contribution in [-0.4, -0.2) is 26.3 Å². The summed E-state index contributed by atoms with van der Waals surface area (Å²) in [6, 6.07) is 2.17. The summed E-state index contributed by atoms with van der Waals surface area (Å²) in [7, 11) is 0. The van der Waals surface area contributed by atoms with Crippen molar-refractivity contribution in [2.75, 3.05) is 0 Å². The Kier molecular flexibility index (Phi) is 2.74. The van der Waals surface area contributed by atoms with E-state index < -0.39 is 0 Å². The molecule has 0 aromatic carbocycles. The zero-order valence-corrected chi connectivity index (χ0v) is 12.2. The topological polar surface area (TPSA) is 49.0 Å². The fraction of sp³-hybridized carbons (Fsp3) is 0.429. The molecule has 19 heavy (non-hydrogen) atoms. The van der Waals surface area contributed by atoms with Crippen LogP contribution in [0.3, 0.4) is 0 Å². The number of imidazole rings is 1. The number of amides is 1. The van der Waals surface area contributed by atoms with Gasteiger partial charge < -0.3 is 9.88 Å². The largest absolute Gasteiger partial charge is 0.338 e. The Labute approximate surface area is 116 Å². The molecule has 0 radical (unpaired) electrons. The molecule has 3 rings (SSSR count). The molecular formula is C14H17N3OS. The SMILES string of the molecule is Cc1ncc(C(=O)N2Cc3sccc3CC2(C)C)[nH]1. The number of H-pyrrole nitrogens is 1. The quantitative estimate of drug-likeness (QED) is 0.870. The maximum Gasteiger partial charge on any atom is 0.272 e. The molecule has 4 nitrogen and oxygen atoms in total. The highest BCUT2D eigenvalue weighted by Gasteiger charge is 2.37. The number of aromatic nitrogens is 2. The second-order valence-corrected chi connectivity index (χ2v) is 6.63. The lowest BCUT2D eigenvalue weighted by atomic mass is 9.89. The standard InChI is InChI=1S/C14H17N3OS/c1-9-15-7-11(16-9)13(18)17-8-12-10(4-5-19-12)6-14(17,2)3/h4-5,7H,6,8H2,1-3H3,(H,15,16). The van der Waals surface area contributed by atoms with Gasteiger partial charge in [0.1, 0.15) is 11.5 Å². The smallest absolute Gasteiger partial charge is 0.272 e. The van der Waals surface area contributed by atoms with Crippen LogP contribution >= 0.6 is 11.3 Å². The molecule has 2 aromatic rings. The molecule has 0 spiro atoms. The van der Waals surface area contributed by atoms with Crippen molar-refractivity contribution in [3.8, 4) is 0 Å². The van der Waals surface area contributed by atoms with Gasteiger partial charge in [0.15, 0.2) is 0 Å². The second kappa shape index (κ2) is 4.20. The lowest BCUT2D eigenvalue weighted by molar-refractivity contribution is 0.0488. The molecule has 1 aliphatic rings. The lowest BCUT2D eigenvalue weighted by Gasteiger charge is -2.42. The first-order valence-electron chi connectivity index (χ1n) is 6.36. The van der Waals surface area contributed by atoms with Gasteiger partial charge in [0.05, 0.1) is 12.7 Å². The minimum Gasteiger partial charge on any atom is -0.338 e. The van der Waals surface area contributed by atoms with Gasteiger partial charge in [0, 0.05) is 10.4 Å². The van der Waals surface area contributed by atoms with Crippen LogP contribution < -0.4 is 0 Å². The molecule has 0 atom stereocenters. The summed E-state index contributed by atoms with van der Waals surface area (Å²) in [6.45, 7) is 6.79. The first-order valence-corrected chi connectivity index (χ1v) is 7.24. The number of aryl methyl sites for hydroxylation is 1. The van der Waals surface area contributed by atoms with E-state index >= 15 is 0 Å². The summed E-state index contributed by atoms with van der Waals surface area (Å²) in [5, 5.41) is 2.11. The molecule has 0 bridgehead atoms. The third-order valence-electron chi connectivity index (χ3n) is 3.67. The molecule has 0 aliphatic carbocycles. The van der Waals surface area contributed by atoms with E-state index in [1.54, 1.807) is 17.5 Å². The second-order valence-electron chi connectivity index (χ2n) is 5.63. The van der Waals surface area contributed by atoms with E-state index in [0.29, 0.717) is 12.2 Å². The number of aromatic amines is 1. The van der Waals surface area contributed by atoms with Gasteiger partial charge >= 0.3 is 0 Å². The van der Waals surface area contributed by atoms with Gasteiger partial charge in [-0.1, -0.05) is 0 Å². The molecule has 1 N–H and O–H groups in total. The number of nitrogens with zero attached hydrogens (tertiary/aromatic N) is 2. The van der Waals surface area contributed by atoms with Crippen molar-refractivity contribution < 1.29 is 4.79 Å². The fourth-order valence-electron chi connectivity index (χ4n) is 2.60. The number of hydrogen-bond acceptors (Lipinski definition) is 3. The van der Waals surface area contributed by atoms with E-state index in [4.69, 9.17) is 0 Å². The van der Waals surface area contributed by atoms with Crippen molar-refractivity contribution >= 4 is 17.2 Å². The van der Waals surface area contributed by atoms with Crippen LogP contribution in [0.1, 0.15) is 40.6 Å². The van der Waals surface area contributed by atoms with Crippen LogP contribution in [0.4, 0.5) is 0 Å². The molecule has 1 amide bonds. The average Bonchev–Trinajstić information content (AvgIpc) is 2.94. The number of fused-ring (bicyclic) bond motifs is 1. The van der Waals surface area contributed by atoms with Gasteiger partial charge in [-0.15, -0.1) is 11.3 Å². The van der Waals surface area contributed by atoms with Gasteiger partial charge in [-0.2, -0.15) is 0 Å². The average molecular weight is 275 g/mol. The highest BCUT2D eigenvalue weighted by atomic mass is 32.1. The number of carbonyl (C=O) groups is 1. The van der Waals surface area contributed by atoms with E-state index in [1.807, 2.05) is 11.8 Å². The molecule has 1 aliphatic heterocycles. The van der Waals surface area contributed by atoms with Crippen molar-refractivity contribution in [1.29, 1.82) is 0 Å². The Morgan fingerprint density at radius 2 is 2.32 bits per heavy atom. The fourth-order valence-corrected chi connectivity index (χ4v) is 3.50. The zero-order valence-electron chi connectivity index (χ0n) is 11.4. The minimum atomic E-state index is -0.163. The summed E-state index contributed by atoms with van der Waals surface area (Å²) in [4.78, 5) is 23.0. The predicted octanol–water partition coefficient (Wildman–Crippen LogP) is 2.76. The summed E-state index contributed by atoms with van der Waals surface area (Å²) in [6.07, 6.45) is 2.53. The van der Waals surface area contributed by atoms with Gasteiger partial charge in [0.25, 0.3) is 5.91 Å². The van der Waals surface area contributed by atoms with Crippen molar-refractivity contribution in [1.82, 2.24) is 14.9 Å². The van der Waals surface area contributed by atoms with Crippen molar-refractivity contribution in [2.24, 2.45) is 0 Å². The molecular weight excluding hydrogens is 258 g/mol. The minimum absolute atomic E-state index is 0.0321. The van der Waals surface area contributed by atoms with Crippen LogP contribution in [0.15, 0.2) is 17.6 Å².